The predicted octanol–water partition coefficient (Wildman–Crippen LogP) is 6.31. The molecule has 2 heterocycles. The van der Waals surface area contributed by atoms with Gasteiger partial charge in [-0.2, -0.15) is 0 Å². The van der Waals surface area contributed by atoms with Gasteiger partial charge in [0.25, 0.3) is 0 Å². The van der Waals surface area contributed by atoms with Gasteiger partial charge in [-0.25, -0.2) is 4.79 Å². The average Bonchev–Trinajstić information content (AvgIpc) is 3.03. The standard InChI is InChI=1S/C30H36O5/c1-18-10-12-21(29(8)17-26(3,4)20-11-9-19(2)16-23(20)34-29)22(15-18)33-25(32)30-14-13-28(7,24(31)35-30)27(30,5)6/h9-12,15-16H,13-14,17H2,1-8H3/t28-,29+,30+/m0/s1. The largest absolute Gasteiger partial charge is 0.482 e. The van der Waals surface area contributed by atoms with Crippen LogP contribution in [0.25, 0.3) is 0 Å². The quantitative estimate of drug-likeness (QED) is 0.384. The number of hydrogen-bond donors (Lipinski definition) is 0. The molecule has 5 rings (SSSR count). The molecule has 1 saturated carbocycles. The van der Waals surface area contributed by atoms with E-state index in [0.29, 0.717) is 25.0 Å². The molecule has 35 heavy (non-hydrogen) atoms. The highest BCUT2D eigenvalue weighted by molar-refractivity contribution is 5.94. The molecule has 0 N–H and O–H groups in total. The van der Waals surface area contributed by atoms with Crippen molar-refractivity contribution in [1.29, 1.82) is 0 Å². The van der Waals surface area contributed by atoms with Crippen LogP contribution in [0, 0.1) is 24.7 Å². The lowest BCUT2D eigenvalue weighted by Crippen LogP contribution is -2.50. The monoisotopic (exact) mass is 476 g/mol. The van der Waals surface area contributed by atoms with Crippen molar-refractivity contribution in [3.05, 3.63) is 58.7 Å². The molecule has 2 fully saturated rings. The molecule has 5 nitrogen and oxygen atoms in total. The number of hydrogen-bond acceptors (Lipinski definition) is 5. The van der Waals surface area contributed by atoms with Crippen molar-refractivity contribution in [2.45, 2.75) is 91.3 Å². The van der Waals surface area contributed by atoms with Crippen LogP contribution in [0.5, 0.6) is 11.5 Å². The molecule has 3 atom stereocenters. The van der Waals surface area contributed by atoms with Gasteiger partial charge in [0.1, 0.15) is 17.1 Å². The van der Waals surface area contributed by atoms with Gasteiger partial charge in [0.05, 0.1) is 5.41 Å². The number of fused-ring (bicyclic) bond motifs is 3. The third-order valence-corrected chi connectivity index (χ3v) is 9.30. The van der Waals surface area contributed by atoms with E-state index in [4.69, 9.17) is 14.2 Å². The molecule has 2 aromatic rings. The van der Waals surface area contributed by atoms with Gasteiger partial charge in [0.2, 0.25) is 5.60 Å². The summed E-state index contributed by atoms with van der Waals surface area (Å²) < 4.78 is 18.6. The lowest BCUT2D eigenvalue weighted by molar-refractivity contribution is -0.176. The molecule has 5 heteroatoms. The molecular weight excluding hydrogens is 440 g/mol. The highest BCUT2D eigenvalue weighted by atomic mass is 16.6. The van der Waals surface area contributed by atoms with E-state index < -0.39 is 28.0 Å². The summed E-state index contributed by atoms with van der Waals surface area (Å²) in [6.45, 7) is 16.3. The van der Waals surface area contributed by atoms with Crippen molar-refractivity contribution in [2.24, 2.45) is 10.8 Å². The minimum atomic E-state index is -1.28. The maximum absolute atomic E-state index is 13.8. The number of esters is 2. The fraction of sp³-hybridized carbons (Fsp3) is 0.533. The molecule has 1 saturated heterocycles. The summed E-state index contributed by atoms with van der Waals surface area (Å²) in [6, 6.07) is 12.2. The summed E-state index contributed by atoms with van der Waals surface area (Å²) in [5.74, 6) is 0.508. The molecule has 0 unspecified atom stereocenters. The molecule has 0 aromatic heterocycles. The summed E-state index contributed by atoms with van der Waals surface area (Å²) in [4.78, 5) is 26.5. The maximum atomic E-state index is 13.8. The number of carbonyl (C=O) groups is 2. The summed E-state index contributed by atoms with van der Waals surface area (Å²) in [7, 11) is 0. The molecule has 3 aliphatic rings. The molecular formula is C30H36O5. The Morgan fingerprint density at radius 1 is 0.857 bits per heavy atom. The lowest BCUT2D eigenvalue weighted by Gasteiger charge is -2.45. The lowest BCUT2D eigenvalue weighted by atomic mass is 9.66. The first-order valence-corrected chi connectivity index (χ1v) is 12.5. The Morgan fingerprint density at radius 3 is 2.09 bits per heavy atom. The highest BCUT2D eigenvalue weighted by Gasteiger charge is 2.76. The van der Waals surface area contributed by atoms with Crippen LogP contribution in [0.15, 0.2) is 36.4 Å². The van der Waals surface area contributed by atoms with Gasteiger partial charge in [-0.1, -0.05) is 52.0 Å². The molecule has 2 aliphatic heterocycles. The third kappa shape index (κ3) is 3.12. The van der Waals surface area contributed by atoms with E-state index in [1.54, 1.807) is 0 Å². The van der Waals surface area contributed by atoms with Crippen LogP contribution in [0.2, 0.25) is 0 Å². The Morgan fingerprint density at radius 2 is 1.49 bits per heavy atom. The first-order chi connectivity index (χ1) is 16.2. The number of benzene rings is 2. The zero-order valence-electron chi connectivity index (χ0n) is 22.1. The van der Waals surface area contributed by atoms with E-state index in [1.165, 1.54) is 5.56 Å². The summed E-state index contributed by atoms with van der Waals surface area (Å²) in [5, 5.41) is 0. The second-order valence-corrected chi connectivity index (χ2v) is 12.5. The average molecular weight is 477 g/mol. The van der Waals surface area contributed by atoms with Gasteiger partial charge in [-0.3, -0.25) is 4.79 Å². The van der Waals surface area contributed by atoms with Gasteiger partial charge < -0.3 is 14.2 Å². The number of carbonyl (C=O) groups excluding carboxylic acids is 2. The molecule has 0 radical (unpaired) electrons. The Bertz CT molecular complexity index is 1260. The molecule has 2 aromatic carbocycles. The zero-order valence-corrected chi connectivity index (χ0v) is 22.1. The Hall–Kier alpha value is -2.82. The molecule has 1 aliphatic carbocycles. The van der Waals surface area contributed by atoms with E-state index in [0.717, 1.165) is 22.4 Å². The van der Waals surface area contributed by atoms with Gasteiger partial charge in [0.15, 0.2) is 0 Å². The van der Waals surface area contributed by atoms with Crippen molar-refractivity contribution in [2.75, 3.05) is 0 Å². The Kier molecular flexibility index (Phi) is 4.86. The Balaban J connectivity index is 1.55. The fourth-order valence-electron chi connectivity index (χ4n) is 6.68. The predicted molar refractivity (Wildman–Crippen MR) is 134 cm³/mol. The molecule has 0 spiro atoms. The van der Waals surface area contributed by atoms with Crippen LogP contribution < -0.4 is 9.47 Å². The number of aryl methyl sites for hydroxylation is 2. The van der Waals surface area contributed by atoms with Crippen molar-refractivity contribution >= 4 is 11.9 Å². The molecule has 2 bridgehead atoms. The van der Waals surface area contributed by atoms with Crippen LogP contribution in [-0.2, 0) is 25.3 Å². The van der Waals surface area contributed by atoms with Gasteiger partial charge in [-0.05, 0) is 74.8 Å². The van der Waals surface area contributed by atoms with E-state index in [9.17, 15) is 9.59 Å². The fourth-order valence-corrected chi connectivity index (χ4v) is 6.68. The third-order valence-electron chi connectivity index (χ3n) is 9.30. The smallest absolute Gasteiger partial charge is 0.356 e. The Labute approximate surface area is 208 Å². The molecule has 0 amide bonds. The summed E-state index contributed by atoms with van der Waals surface area (Å²) in [5.41, 5.74) is 0.612. The van der Waals surface area contributed by atoms with Crippen LogP contribution in [0.4, 0.5) is 0 Å². The maximum Gasteiger partial charge on any atom is 0.356 e. The first-order valence-electron chi connectivity index (χ1n) is 12.5. The second-order valence-electron chi connectivity index (χ2n) is 12.5. The van der Waals surface area contributed by atoms with Crippen molar-refractivity contribution in [3.63, 3.8) is 0 Å². The van der Waals surface area contributed by atoms with Crippen molar-refractivity contribution in [3.8, 4) is 11.5 Å². The zero-order chi connectivity index (χ0) is 25.6. The van der Waals surface area contributed by atoms with E-state index in [-0.39, 0.29) is 11.4 Å². The summed E-state index contributed by atoms with van der Waals surface area (Å²) in [6.07, 6.45) is 1.79. The molecule has 186 valence electrons. The van der Waals surface area contributed by atoms with E-state index in [1.807, 2.05) is 45.9 Å². The van der Waals surface area contributed by atoms with Crippen molar-refractivity contribution in [1.82, 2.24) is 0 Å². The summed E-state index contributed by atoms with van der Waals surface area (Å²) >= 11 is 0. The van der Waals surface area contributed by atoms with Gasteiger partial charge >= 0.3 is 11.9 Å². The van der Waals surface area contributed by atoms with Crippen LogP contribution in [0.1, 0.15) is 83.1 Å². The van der Waals surface area contributed by atoms with Crippen LogP contribution in [0.3, 0.4) is 0 Å². The van der Waals surface area contributed by atoms with E-state index >= 15 is 0 Å². The minimum absolute atomic E-state index is 0.142. The van der Waals surface area contributed by atoms with Crippen LogP contribution >= 0.6 is 0 Å². The van der Waals surface area contributed by atoms with E-state index in [2.05, 4.69) is 45.9 Å². The topological polar surface area (TPSA) is 61.8 Å². The highest BCUT2D eigenvalue weighted by Crippen LogP contribution is 2.66. The van der Waals surface area contributed by atoms with Gasteiger partial charge in [-0.15, -0.1) is 0 Å². The number of ether oxygens (including phenoxy) is 3. The normalized spacial score (nSPS) is 31.9. The van der Waals surface area contributed by atoms with Gasteiger partial charge in [0, 0.05) is 17.4 Å². The minimum Gasteiger partial charge on any atom is -0.482 e. The number of rotatable bonds is 3. The second kappa shape index (κ2) is 7.11. The SMILES string of the molecule is Cc1ccc2c(c1)O[C@@](C)(c1ccc(C)cc1OC(=O)[C@@]13CC[C@@](C)(C(=O)O1)C3(C)C)CC2(C)C. The first kappa shape index (κ1) is 23.9. The van der Waals surface area contributed by atoms with Crippen molar-refractivity contribution < 1.29 is 23.8 Å². The van der Waals surface area contributed by atoms with Crippen LogP contribution in [-0.4, -0.2) is 17.5 Å².